The van der Waals surface area contributed by atoms with E-state index in [-0.39, 0.29) is 0 Å². The van der Waals surface area contributed by atoms with E-state index < -0.39 is 0 Å². The second kappa shape index (κ2) is 7.38. The zero-order valence-electron chi connectivity index (χ0n) is 12.6. The van der Waals surface area contributed by atoms with Crippen LogP contribution in [-0.4, -0.2) is 32.9 Å². The summed E-state index contributed by atoms with van der Waals surface area (Å²) in [6.45, 7) is 7.75. The van der Waals surface area contributed by atoms with E-state index in [1.165, 1.54) is 0 Å². The van der Waals surface area contributed by atoms with Crippen molar-refractivity contribution in [1.82, 2.24) is 19.7 Å². The lowest BCUT2D eigenvalue weighted by atomic mass is 10.4. The van der Waals surface area contributed by atoms with E-state index in [0.29, 0.717) is 29.9 Å². The van der Waals surface area contributed by atoms with Crippen molar-refractivity contribution in [3.05, 3.63) is 28.8 Å². The number of nitrogens with one attached hydrogen (secondary N) is 1. The van der Waals surface area contributed by atoms with Crippen LogP contribution in [0.4, 0.5) is 5.82 Å². The monoisotopic (exact) mass is 309 g/mol. The van der Waals surface area contributed by atoms with Gasteiger partial charge in [-0.15, -0.1) is 0 Å². The van der Waals surface area contributed by atoms with Gasteiger partial charge in [0.15, 0.2) is 11.6 Å². The molecule has 2 aromatic rings. The van der Waals surface area contributed by atoms with E-state index in [1.54, 1.807) is 10.9 Å². The normalized spacial score (nSPS) is 10.9. The van der Waals surface area contributed by atoms with E-state index in [1.807, 2.05) is 19.9 Å². The minimum absolute atomic E-state index is 0.374. The van der Waals surface area contributed by atoms with Crippen LogP contribution in [0.5, 0.6) is 0 Å². The molecule has 0 bridgehead atoms. The molecule has 2 rings (SSSR count). The third-order valence-electron chi connectivity index (χ3n) is 2.82. The number of halogens is 1. The number of ether oxygens (including phenoxy) is 1. The highest BCUT2D eigenvalue weighted by atomic mass is 35.5. The summed E-state index contributed by atoms with van der Waals surface area (Å²) in [5.74, 6) is 2.06. The molecule has 114 valence electrons. The number of hydrogen-bond donors (Lipinski definition) is 1. The fourth-order valence-electron chi connectivity index (χ4n) is 1.76. The molecule has 0 radical (unpaired) electrons. The van der Waals surface area contributed by atoms with Crippen LogP contribution in [0.15, 0.2) is 12.3 Å². The molecule has 0 aliphatic rings. The molecule has 0 saturated heterocycles. The molecule has 0 spiro atoms. The summed E-state index contributed by atoms with van der Waals surface area (Å²) in [5, 5.41) is 8.22. The standard InChI is InChI=1S/C14H20ClN5O/c1-4-6-16-12-7-14(18-13(17-12)9-21-5-2)20-8-11(15)10(3)19-20/h7-8H,4-6,9H2,1-3H3,(H,16,17,18). The zero-order chi connectivity index (χ0) is 15.2. The molecular weight excluding hydrogens is 290 g/mol. The first-order valence-electron chi connectivity index (χ1n) is 7.05. The maximum atomic E-state index is 6.06. The summed E-state index contributed by atoms with van der Waals surface area (Å²) in [6.07, 6.45) is 2.76. The number of aromatic nitrogens is 4. The fraction of sp³-hybridized carbons (Fsp3) is 0.500. The summed E-state index contributed by atoms with van der Waals surface area (Å²) < 4.78 is 7.05. The minimum atomic E-state index is 0.374. The molecule has 0 fully saturated rings. The van der Waals surface area contributed by atoms with Crippen molar-refractivity contribution in [2.24, 2.45) is 0 Å². The van der Waals surface area contributed by atoms with Gasteiger partial charge in [0.05, 0.1) is 16.9 Å². The number of hydrogen-bond acceptors (Lipinski definition) is 5. The van der Waals surface area contributed by atoms with Crippen LogP contribution in [0.25, 0.3) is 5.82 Å². The third kappa shape index (κ3) is 4.15. The molecule has 1 N–H and O–H groups in total. The summed E-state index contributed by atoms with van der Waals surface area (Å²) in [7, 11) is 0. The van der Waals surface area contributed by atoms with Crippen molar-refractivity contribution in [3.8, 4) is 5.82 Å². The van der Waals surface area contributed by atoms with Crippen molar-refractivity contribution in [2.45, 2.75) is 33.8 Å². The first-order valence-corrected chi connectivity index (χ1v) is 7.43. The fourth-order valence-corrected chi connectivity index (χ4v) is 1.89. The Morgan fingerprint density at radius 1 is 1.33 bits per heavy atom. The number of nitrogens with zero attached hydrogens (tertiary/aromatic N) is 4. The predicted octanol–water partition coefficient (Wildman–Crippen LogP) is 2.98. The van der Waals surface area contributed by atoms with Gasteiger partial charge in [-0.1, -0.05) is 18.5 Å². The van der Waals surface area contributed by atoms with E-state index in [9.17, 15) is 0 Å². The van der Waals surface area contributed by atoms with Crippen LogP contribution in [-0.2, 0) is 11.3 Å². The lowest BCUT2D eigenvalue weighted by Gasteiger charge is -2.09. The summed E-state index contributed by atoms with van der Waals surface area (Å²) in [5.41, 5.74) is 0.768. The van der Waals surface area contributed by atoms with Crippen molar-refractivity contribution in [3.63, 3.8) is 0 Å². The SMILES string of the molecule is CCCNc1cc(-n2cc(Cl)c(C)n2)nc(COCC)n1. The topological polar surface area (TPSA) is 64.9 Å². The molecule has 0 amide bonds. The van der Waals surface area contributed by atoms with Gasteiger partial charge in [0.1, 0.15) is 12.4 Å². The molecule has 0 unspecified atom stereocenters. The van der Waals surface area contributed by atoms with Gasteiger partial charge in [0.2, 0.25) is 0 Å². The van der Waals surface area contributed by atoms with E-state index in [4.69, 9.17) is 16.3 Å². The van der Waals surface area contributed by atoms with Crippen LogP contribution >= 0.6 is 11.6 Å². The highest BCUT2D eigenvalue weighted by molar-refractivity contribution is 6.31. The predicted molar refractivity (Wildman–Crippen MR) is 83.0 cm³/mol. The van der Waals surface area contributed by atoms with Gasteiger partial charge >= 0.3 is 0 Å². The molecule has 0 aliphatic carbocycles. The van der Waals surface area contributed by atoms with E-state index in [2.05, 4.69) is 27.3 Å². The van der Waals surface area contributed by atoms with Crippen LogP contribution in [0.3, 0.4) is 0 Å². The third-order valence-corrected chi connectivity index (χ3v) is 3.20. The van der Waals surface area contributed by atoms with Gasteiger partial charge in [-0.05, 0) is 20.3 Å². The Bertz CT molecular complexity index is 553. The highest BCUT2D eigenvalue weighted by Gasteiger charge is 2.09. The van der Waals surface area contributed by atoms with Gasteiger partial charge in [0, 0.05) is 19.2 Å². The average molecular weight is 310 g/mol. The molecule has 2 aromatic heterocycles. The lowest BCUT2D eigenvalue weighted by molar-refractivity contribution is 0.128. The molecule has 6 nitrogen and oxygen atoms in total. The van der Waals surface area contributed by atoms with Gasteiger partial charge in [-0.3, -0.25) is 0 Å². The van der Waals surface area contributed by atoms with E-state index in [0.717, 1.165) is 24.5 Å². The maximum Gasteiger partial charge on any atom is 0.159 e. The van der Waals surface area contributed by atoms with E-state index >= 15 is 0 Å². The molecule has 21 heavy (non-hydrogen) atoms. The Morgan fingerprint density at radius 3 is 2.76 bits per heavy atom. The smallest absolute Gasteiger partial charge is 0.159 e. The second-order valence-corrected chi connectivity index (χ2v) is 5.01. The zero-order valence-corrected chi connectivity index (χ0v) is 13.3. The molecule has 0 atom stereocenters. The minimum Gasteiger partial charge on any atom is -0.374 e. The van der Waals surface area contributed by atoms with Crippen molar-refractivity contribution >= 4 is 17.4 Å². The molecule has 7 heteroatoms. The lowest BCUT2D eigenvalue weighted by Crippen LogP contribution is -2.10. The molecule has 0 aromatic carbocycles. The Labute approximate surface area is 129 Å². The summed E-state index contributed by atoms with van der Waals surface area (Å²) in [6, 6.07) is 1.86. The molecule has 0 saturated carbocycles. The highest BCUT2D eigenvalue weighted by Crippen LogP contribution is 2.17. The van der Waals surface area contributed by atoms with Gasteiger partial charge in [-0.25, -0.2) is 14.6 Å². The molecular formula is C14H20ClN5O. The van der Waals surface area contributed by atoms with Crippen molar-refractivity contribution < 1.29 is 4.74 Å². The average Bonchev–Trinajstić information content (AvgIpc) is 2.82. The van der Waals surface area contributed by atoms with Gasteiger partial charge in [0.25, 0.3) is 0 Å². The largest absolute Gasteiger partial charge is 0.374 e. The Balaban J connectivity index is 2.33. The number of aryl methyl sites for hydroxylation is 1. The van der Waals surface area contributed by atoms with Crippen LogP contribution < -0.4 is 5.32 Å². The Kier molecular flexibility index (Phi) is 5.52. The Morgan fingerprint density at radius 2 is 2.14 bits per heavy atom. The summed E-state index contributed by atoms with van der Waals surface area (Å²) >= 11 is 6.06. The summed E-state index contributed by atoms with van der Waals surface area (Å²) in [4.78, 5) is 8.91. The van der Waals surface area contributed by atoms with Crippen LogP contribution in [0.1, 0.15) is 31.8 Å². The van der Waals surface area contributed by atoms with Crippen LogP contribution in [0.2, 0.25) is 5.02 Å². The first kappa shape index (κ1) is 15.7. The van der Waals surface area contributed by atoms with Crippen molar-refractivity contribution in [2.75, 3.05) is 18.5 Å². The van der Waals surface area contributed by atoms with Crippen molar-refractivity contribution in [1.29, 1.82) is 0 Å². The molecule has 2 heterocycles. The molecule has 0 aliphatic heterocycles. The maximum absolute atomic E-state index is 6.06. The first-order chi connectivity index (χ1) is 10.1. The number of anilines is 1. The Hall–Kier alpha value is -1.66. The quantitative estimate of drug-likeness (QED) is 0.851. The van der Waals surface area contributed by atoms with Gasteiger partial charge < -0.3 is 10.1 Å². The second-order valence-electron chi connectivity index (χ2n) is 4.60. The van der Waals surface area contributed by atoms with Crippen LogP contribution in [0, 0.1) is 6.92 Å². The van der Waals surface area contributed by atoms with Gasteiger partial charge in [-0.2, -0.15) is 5.10 Å². The number of rotatable bonds is 7.